The van der Waals surface area contributed by atoms with Crippen LogP contribution in [-0.4, -0.2) is 44.5 Å². The van der Waals surface area contributed by atoms with Gasteiger partial charge >= 0.3 is 11.8 Å². The number of halogens is 2. The molecule has 3 aromatic heterocycles. The Hall–Kier alpha value is -4.66. The van der Waals surface area contributed by atoms with Crippen LogP contribution in [-0.2, 0) is 12.5 Å². The Kier molecular flexibility index (Phi) is 6.24. The molecule has 1 N–H and O–H groups in total. The second-order valence-corrected chi connectivity index (χ2v) is 7.77. The average Bonchev–Trinajstić information content (AvgIpc) is 3.49. The largest absolute Gasteiger partial charge is 0.481 e. The van der Waals surface area contributed by atoms with Crippen LogP contribution in [0.25, 0.3) is 11.4 Å². The van der Waals surface area contributed by atoms with Gasteiger partial charge in [-0.05, 0) is 31.2 Å². The van der Waals surface area contributed by atoms with E-state index in [2.05, 4.69) is 25.5 Å². The van der Waals surface area contributed by atoms with Gasteiger partial charge in [0.1, 0.15) is 23.4 Å². The lowest BCUT2D eigenvalue weighted by Crippen LogP contribution is -2.40. The maximum Gasteiger partial charge on any atom is 0.316 e. The topological polar surface area (TPSA) is 132 Å². The summed E-state index contributed by atoms with van der Waals surface area (Å²) >= 11 is 0. The minimum absolute atomic E-state index is 0.0155. The number of benzene rings is 1. The second kappa shape index (κ2) is 9.30. The molecule has 0 saturated heterocycles. The number of aromatic nitrogens is 5. The molecule has 4 aromatic rings. The van der Waals surface area contributed by atoms with Crippen molar-refractivity contribution in [2.24, 2.45) is 7.05 Å². The van der Waals surface area contributed by atoms with Gasteiger partial charge in [0.05, 0.1) is 30.0 Å². The van der Waals surface area contributed by atoms with Gasteiger partial charge in [-0.15, -0.1) is 0 Å². The molecule has 0 saturated carbocycles. The third-order valence-corrected chi connectivity index (χ3v) is 5.50. The first kappa shape index (κ1) is 23.5. The lowest BCUT2D eigenvalue weighted by atomic mass is 9.80. The minimum atomic E-state index is -0.978. The molecule has 35 heavy (non-hydrogen) atoms. The zero-order valence-electron chi connectivity index (χ0n) is 18.9. The van der Waals surface area contributed by atoms with E-state index in [4.69, 9.17) is 9.26 Å². The van der Waals surface area contributed by atoms with E-state index in [0.717, 1.165) is 12.1 Å². The zero-order chi connectivity index (χ0) is 25.2. The number of nitrogens with one attached hydrogen (secondary N) is 1. The molecule has 3 heterocycles. The van der Waals surface area contributed by atoms with Crippen LogP contribution in [0, 0.1) is 23.0 Å². The summed E-state index contributed by atoms with van der Waals surface area (Å²) in [6.45, 7) is 1.79. The summed E-state index contributed by atoms with van der Waals surface area (Å²) in [7, 11) is 3.20. The number of pyridine rings is 1. The minimum Gasteiger partial charge on any atom is -0.481 e. The molecule has 0 fully saturated rings. The molecule has 1 amide bonds. The van der Waals surface area contributed by atoms with Gasteiger partial charge in [-0.25, -0.2) is 18.4 Å². The van der Waals surface area contributed by atoms with Gasteiger partial charge in [0, 0.05) is 25.2 Å². The fourth-order valence-electron chi connectivity index (χ4n) is 3.60. The third-order valence-electron chi connectivity index (χ3n) is 5.50. The second-order valence-electron chi connectivity index (χ2n) is 7.77. The molecule has 12 heteroatoms. The Balaban J connectivity index is 1.64. The summed E-state index contributed by atoms with van der Waals surface area (Å²) in [5.74, 6) is -2.55. The number of carbonyl (C=O) groups is 1. The van der Waals surface area contributed by atoms with Crippen molar-refractivity contribution >= 4 is 5.91 Å². The van der Waals surface area contributed by atoms with Crippen LogP contribution in [0.5, 0.6) is 5.88 Å². The molecule has 0 radical (unpaired) electrons. The summed E-state index contributed by atoms with van der Waals surface area (Å²) in [4.78, 5) is 21.2. The molecular formula is C23H19F2N7O3. The van der Waals surface area contributed by atoms with Gasteiger partial charge < -0.3 is 14.6 Å². The molecule has 1 aromatic carbocycles. The third kappa shape index (κ3) is 4.43. The number of rotatable bonds is 7. The highest BCUT2D eigenvalue weighted by Gasteiger charge is 2.37. The van der Waals surface area contributed by atoms with Gasteiger partial charge in [-0.1, -0.05) is 11.2 Å². The van der Waals surface area contributed by atoms with Crippen LogP contribution in [0.15, 0.2) is 47.1 Å². The van der Waals surface area contributed by atoms with E-state index in [1.54, 1.807) is 31.4 Å². The van der Waals surface area contributed by atoms with E-state index in [9.17, 15) is 18.8 Å². The standard InChI is InChI=1S/C23H19F2N7O3/c1-23(16-11-28-32(2)22(16)34-3,18-6-4-5-14(10-26)29-18)12-27-20(33)21-30-19(31-35-21)15-8-7-13(24)9-17(15)25/h4-9,11H,12H2,1-3H3,(H,27,33). The highest BCUT2D eigenvalue weighted by atomic mass is 19.1. The number of nitriles is 1. The maximum atomic E-state index is 14.0. The van der Waals surface area contributed by atoms with Gasteiger partial charge in [-0.2, -0.15) is 15.3 Å². The van der Waals surface area contributed by atoms with E-state index >= 15 is 0 Å². The predicted octanol–water partition coefficient (Wildman–Crippen LogP) is 2.76. The van der Waals surface area contributed by atoms with E-state index in [0.29, 0.717) is 23.2 Å². The van der Waals surface area contributed by atoms with Crippen LogP contribution >= 0.6 is 0 Å². The molecule has 1 atom stereocenters. The Morgan fingerprint density at radius 1 is 1.29 bits per heavy atom. The lowest BCUT2D eigenvalue weighted by Gasteiger charge is -2.29. The van der Waals surface area contributed by atoms with Gasteiger partial charge in [-0.3, -0.25) is 4.79 Å². The number of aryl methyl sites for hydroxylation is 1. The molecule has 0 aliphatic rings. The van der Waals surface area contributed by atoms with Crippen molar-refractivity contribution in [3.63, 3.8) is 0 Å². The average molecular weight is 479 g/mol. The zero-order valence-corrected chi connectivity index (χ0v) is 18.9. The van der Waals surface area contributed by atoms with E-state index in [-0.39, 0.29) is 23.6 Å². The normalized spacial score (nSPS) is 12.6. The molecule has 0 spiro atoms. The number of carbonyl (C=O) groups excluding carboxylic acids is 1. The van der Waals surface area contributed by atoms with E-state index < -0.39 is 28.8 Å². The van der Waals surface area contributed by atoms with Gasteiger partial charge in [0.2, 0.25) is 11.7 Å². The highest BCUT2D eigenvalue weighted by Crippen LogP contribution is 2.36. The van der Waals surface area contributed by atoms with Crippen LogP contribution in [0.3, 0.4) is 0 Å². The Labute approximate surface area is 198 Å². The Morgan fingerprint density at radius 3 is 2.80 bits per heavy atom. The van der Waals surface area contributed by atoms with Crippen molar-refractivity contribution in [3.8, 4) is 23.3 Å². The van der Waals surface area contributed by atoms with Crippen molar-refractivity contribution in [3.05, 3.63) is 77.1 Å². The molecule has 0 aliphatic heterocycles. The number of amides is 1. The van der Waals surface area contributed by atoms with Crippen LogP contribution in [0.4, 0.5) is 8.78 Å². The predicted molar refractivity (Wildman–Crippen MR) is 117 cm³/mol. The van der Waals surface area contributed by atoms with Crippen molar-refractivity contribution in [1.29, 1.82) is 5.26 Å². The molecule has 1 unspecified atom stereocenters. The van der Waals surface area contributed by atoms with Crippen molar-refractivity contribution in [2.45, 2.75) is 12.3 Å². The van der Waals surface area contributed by atoms with Crippen molar-refractivity contribution in [1.82, 2.24) is 30.2 Å². The summed E-state index contributed by atoms with van der Waals surface area (Å²) in [6.07, 6.45) is 1.59. The first-order chi connectivity index (χ1) is 16.8. The maximum absolute atomic E-state index is 14.0. The van der Waals surface area contributed by atoms with Crippen molar-refractivity contribution in [2.75, 3.05) is 13.7 Å². The van der Waals surface area contributed by atoms with Gasteiger partial charge in [0.25, 0.3) is 0 Å². The van der Waals surface area contributed by atoms with E-state index in [1.807, 2.05) is 13.0 Å². The first-order valence-corrected chi connectivity index (χ1v) is 10.3. The van der Waals surface area contributed by atoms with Gasteiger partial charge in [0.15, 0.2) is 0 Å². The van der Waals surface area contributed by atoms with Crippen LogP contribution in [0.2, 0.25) is 0 Å². The van der Waals surface area contributed by atoms with E-state index in [1.165, 1.54) is 11.8 Å². The summed E-state index contributed by atoms with van der Waals surface area (Å²) < 4.78 is 39.3. The first-order valence-electron chi connectivity index (χ1n) is 10.3. The number of ether oxygens (including phenoxy) is 1. The molecular weight excluding hydrogens is 460 g/mol. The quantitative estimate of drug-likeness (QED) is 0.428. The lowest BCUT2D eigenvalue weighted by molar-refractivity contribution is 0.0903. The molecule has 178 valence electrons. The molecule has 0 bridgehead atoms. The monoisotopic (exact) mass is 479 g/mol. The molecule has 10 nitrogen and oxygen atoms in total. The van der Waals surface area contributed by atoms with Crippen LogP contribution in [0.1, 0.15) is 34.6 Å². The summed E-state index contributed by atoms with van der Waals surface area (Å²) in [5, 5.41) is 19.9. The molecule has 4 rings (SSSR count). The fourth-order valence-corrected chi connectivity index (χ4v) is 3.60. The van der Waals surface area contributed by atoms with Crippen LogP contribution < -0.4 is 10.1 Å². The highest BCUT2D eigenvalue weighted by molar-refractivity contribution is 5.90. The summed E-state index contributed by atoms with van der Waals surface area (Å²) in [6, 6.07) is 9.86. The smallest absolute Gasteiger partial charge is 0.316 e. The Morgan fingerprint density at radius 2 is 2.09 bits per heavy atom. The fraction of sp³-hybridized carbons (Fsp3) is 0.217. The Bertz CT molecular complexity index is 1440. The number of methoxy groups -OCH3 is 1. The molecule has 0 aliphatic carbocycles. The SMILES string of the molecule is COc1c(C(C)(CNC(=O)c2nc(-c3ccc(F)cc3F)no2)c2cccc(C#N)n2)cnn1C. The number of nitrogens with zero attached hydrogens (tertiary/aromatic N) is 6. The number of hydrogen-bond acceptors (Lipinski definition) is 8. The summed E-state index contributed by atoms with van der Waals surface area (Å²) in [5.41, 5.74) is 0.212. The van der Waals surface area contributed by atoms with Crippen molar-refractivity contribution < 1.29 is 22.8 Å². The number of hydrogen-bond donors (Lipinski definition) is 1.